The van der Waals surface area contributed by atoms with Crippen LogP contribution in [0.15, 0.2) is 23.1 Å². The summed E-state index contributed by atoms with van der Waals surface area (Å²) < 4.78 is 0. The number of aliphatic carboxylic acids is 1. The van der Waals surface area contributed by atoms with Crippen molar-refractivity contribution < 1.29 is 9.90 Å². The van der Waals surface area contributed by atoms with Crippen LogP contribution >= 0.6 is 11.8 Å². The molecule has 0 bridgehead atoms. The molecule has 0 fully saturated rings. The molecule has 0 aromatic heterocycles. The third-order valence-corrected chi connectivity index (χ3v) is 3.58. The average molecular weight is 278 g/mol. The first-order chi connectivity index (χ1) is 9.13. The predicted molar refractivity (Wildman–Crippen MR) is 77.5 cm³/mol. The van der Waals surface area contributed by atoms with Crippen LogP contribution in [0.25, 0.3) is 0 Å². The number of benzene rings is 1. The van der Waals surface area contributed by atoms with E-state index in [1.165, 1.54) is 0 Å². The first-order valence-electron chi connectivity index (χ1n) is 6.29. The molecule has 1 atom stereocenters. The number of thioether (sulfide) groups is 1. The fourth-order valence-electron chi connectivity index (χ4n) is 1.78. The lowest BCUT2D eigenvalue weighted by atomic mass is 10.1. The minimum absolute atomic E-state index is 0.525. The van der Waals surface area contributed by atoms with Crippen LogP contribution in [-0.4, -0.2) is 22.9 Å². The number of rotatable bonds is 7. The van der Waals surface area contributed by atoms with E-state index < -0.39 is 12.0 Å². The quantitative estimate of drug-likeness (QED) is 0.748. The summed E-state index contributed by atoms with van der Waals surface area (Å²) in [6.07, 6.45) is 1.31. The third-order valence-electron chi connectivity index (χ3n) is 2.64. The number of nitriles is 1. The Kier molecular flexibility index (Phi) is 6.23. The predicted octanol–water partition coefficient (Wildman–Crippen LogP) is 3.34. The van der Waals surface area contributed by atoms with Gasteiger partial charge in [-0.25, -0.2) is 4.79 Å². The van der Waals surface area contributed by atoms with Crippen molar-refractivity contribution in [2.24, 2.45) is 0 Å². The van der Waals surface area contributed by atoms with Gasteiger partial charge in [-0.3, -0.25) is 0 Å². The van der Waals surface area contributed by atoms with Crippen LogP contribution in [0.2, 0.25) is 0 Å². The number of hydrogen-bond acceptors (Lipinski definition) is 4. The SMILES string of the molecule is CCCC(Nc1cccc(SCC)c1C#N)C(=O)O. The Hall–Kier alpha value is -1.67. The summed E-state index contributed by atoms with van der Waals surface area (Å²) in [5.41, 5.74) is 1.12. The topological polar surface area (TPSA) is 73.1 Å². The van der Waals surface area contributed by atoms with Crippen molar-refractivity contribution in [2.75, 3.05) is 11.1 Å². The maximum Gasteiger partial charge on any atom is 0.326 e. The smallest absolute Gasteiger partial charge is 0.326 e. The zero-order valence-electron chi connectivity index (χ0n) is 11.1. The minimum atomic E-state index is -0.890. The number of anilines is 1. The normalized spacial score (nSPS) is 11.6. The summed E-state index contributed by atoms with van der Waals surface area (Å²) in [5.74, 6) is -0.0191. The van der Waals surface area contributed by atoms with Crippen molar-refractivity contribution in [1.82, 2.24) is 0 Å². The Morgan fingerprint density at radius 1 is 1.53 bits per heavy atom. The maximum atomic E-state index is 11.2. The Labute approximate surface area is 117 Å². The Bertz CT molecular complexity index is 483. The molecule has 0 aliphatic rings. The van der Waals surface area contributed by atoms with E-state index in [1.54, 1.807) is 17.8 Å². The van der Waals surface area contributed by atoms with Crippen molar-refractivity contribution in [1.29, 1.82) is 5.26 Å². The second-order valence-electron chi connectivity index (χ2n) is 4.05. The van der Waals surface area contributed by atoms with Crippen LogP contribution in [-0.2, 0) is 4.79 Å². The van der Waals surface area contributed by atoms with Gasteiger partial charge in [0, 0.05) is 4.90 Å². The Morgan fingerprint density at radius 3 is 2.79 bits per heavy atom. The molecule has 0 saturated carbocycles. The molecule has 0 saturated heterocycles. The van der Waals surface area contributed by atoms with Gasteiger partial charge in [-0.05, 0) is 24.3 Å². The number of nitrogens with zero attached hydrogens (tertiary/aromatic N) is 1. The molecule has 4 nitrogen and oxygen atoms in total. The molecule has 0 aliphatic heterocycles. The van der Waals surface area contributed by atoms with Gasteiger partial charge in [0.15, 0.2) is 0 Å². The highest BCUT2D eigenvalue weighted by atomic mass is 32.2. The zero-order valence-corrected chi connectivity index (χ0v) is 12.0. The molecule has 0 heterocycles. The summed E-state index contributed by atoms with van der Waals surface area (Å²) in [7, 11) is 0. The van der Waals surface area contributed by atoms with Crippen molar-refractivity contribution in [3.63, 3.8) is 0 Å². The summed E-state index contributed by atoms with van der Waals surface area (Å²) in [6.45, 7) is 3.95. The van der Waals surface area contributed by atoms with Crippen LogP contribution in [0.4, 0.5) is 5.69 Å². The van der Waals surface area contributed by atoms with Gasteiger partial charge >= 0.3 is 5.97 Å². The lowest BCUT2D eigenvalue weighted by molar-refractivity contribution is -0.138. The fraction of sp³-hybridized carbons (Fsp3) is 0.429. The minimum Gasteiger partial charge on any atom is -0.480 e. The van der Waals surface area contributed by atoms with Gasteiger partial charge in [0.05, 0.1) is 11.3 Å². The van der Waals surface area contributed by atoms with E-state index in [0.717, 1.165) is 17.1 Å². The number of hydrogen-bond donors (Lipinski definition) is 2. The van der Waals surface area contributed by atoms with Crippen molar-refractivity contribution in [3.05, 3.63) is 23.8 Å². The van der Waals surface area contributed by atoms with Gasteiger partial charge in [0.1, 0.15) is 12.1 Å². The van der Waals surface area contributed by atoms with E-state index >= 15 is 0 Å². The maximum absolute atomic E-state index is 11.2. The average Bonchev–Trinajstić information content (AvgIpc) is 2.38. The summed E-state index contributed by atoms with van der Waals surface area (Å²) in [5, 5.41) is 21.4. The molecule has 1 unspecified atom stereocenters. The molecule has 0 spiro atoms. The standard InChI is InChI=1S/C14H18N2O2S/c1-3-6-12(14(17)18)16-11-7-5-8-13(19-4-2)10(11)9-15/h5,7-8,12,16H,3-4,6H2,1-2H3,(H,17,18). The molecule has 102 valence electrons. The van der Waals surface area contributed by atoms with Crippen LogP contribution < -0.4 is 5.32 Å². The summed E-state index contributed by atoms with van der Waals surface area (Å²) >= 11 is 1.58. The Morgan fingerprint density at radius 2 is 2.26 bits per heavy atom. The van der Waals surface area contributed by atoms with Crippen LogP contribution in [0.3, 0.4) is 0 Å². The second kappa shape index (κ2) is 7.70. The molecule has 1 aromatic carbocycles. The number of carboxylic acid groups (broad SMARTS) is 1. The van der Waals surface area contributed by atoms with Crippen LogP contribution in [0.1, 0.15) is 32.3 Å². The van der Waals surface area contributed by atoms with E-state index in [2.05, 4.69) is 11.4 Å². The van der Waals surface area contributed by atoms with Gasteiger partial charge in [0.2, 0.25) is 0 Å². The highest BCUT2D eigenvalue weighted by Crippen LogP contribution is 2.28. The van der Waals surface area contributed by atoms with Crippen LogP contribution in [0, 0.1) is 11.3 Å². The molecule has 2 N–H and O–H groups in total. The number of nitrogens with one attached hydrogen (secondary N) is 1. The second-order valence-corrected chi connectivity index (χ2v) is 5.35. The van der Waals surface area contributed by atoms with Crippen molar-refractivity contribution in [3.8, 4) is 6.07 Å². The highest BCUT2D eigenvalue weighted by Gasteiger charge is 2.18. The lowest BCUT2D eigenvalue weighted by Gasteiger charge is -2.17. The third kappa shape index (κ3) is 4.18. The van der Waals surface area contributed by atoms with Crippen molar-refractivity contribution in [2.45, 2.75) is 37.6 Å². The monoisotopic (exact) mass is 278 g/mol. The van der Waals surface area contributed by atoms with Crippen LogP contribution in [0.5, 0.6) is 0 Å². The first kappa shape index (κ1) is 15.4. The zero-order chi connectivity index (χ0) is 14.3. The fourth-order valence-corrected chi connectivity index (χ4v) is 2.56. The van der Waals surface area contributed by atoms with E-state index in [9.17, 15) is 10.1 Å². The molecule has 0 amide bonds. The number of carboxylic acids is 1. The van der Waals surface area contributed by atoms with Gasteiger partial charge in [-0.15, -0.1) is 11.8 Å². The van der Waals surface area contributed by atoms with E-state index in [0.29, 0.717) is 17.7 Å². The van der Waals surface area contributed by atoms with Gasteiger partial charge in [0.25, 0.3) is 0 Å². The van der Waals surface area contributed by atoms with E-state index in [1.807, 2.05) is 26.0 Å². The van der Waals surface area contributed by atoms with Gasteiger partial charge in [-0.1, -0.05) is 26.3 Å². The lowest BCUT2D eigenvalue weighted by Crippen LogP contribution is -2.29. The van der Waals surface area contributed by atoms with Crippen molar-refractivity contribution >= 4 is 23.4 Å². The number of carbonyl (C=O) groups is 1. The molecular formula is C14H18N2O2S. The van der Waals surface area contributed by atoms with Gasteiger partial charge < -0.3 is 10.4 Å². The molecule has 19 heavy (non-hydrogen) atoms. The molecule has 1 aromatic rings. The molecule has 1 rings (SSSR count). The molecule has 0 radical (unpaired) electrons. The molecule has 0 aliphatic carbocycles. The van der Waals surface area contributed by atoms with Gasteiger partial charge in [-0.2, -0.15) is 5.26 Å². The first-order valence-corrected chi connectivity index (χ1v) is 7.27. The largest absolute Gasteiger partial charge is 0.480 e. The molecular weight excluding hydrogens is 260 g/mol. The summed E-state index contributed by atoms with van der Waals surface area (Å²) in [4.78, 5) is 12.0. The molecule has 5 heteroatoms. The Balaban J connectivity index is 3.03. The van der Waals surface area contributed by atoms with E-state index in [4.69, 9.17) is 5.11 Å². The summed E-state index contributed by atoms with van der Waals surface area (Å²) in [6, 6.07) is 6.98. The van der Waals surface area contributed by atoms with E-state index in [-0.39, 0.29) is 0 Å². The highest BCUT2D eigenvalue weighted by molar-refractivity contribution is 7.99.